The first-order valence-corrected chi connectivity index (χ1v) is 6.38. The van der Waals surface area contributed by atoms with Crippen LogP contribution in [0, 0.1) is 11.8 Å². The maximum atomic E-state index is 4.14. The van der Waals surface area contributed by atoms with Gasteiger partial charge in [-0.2, -0.15) is 0 Å². The molecule has 0 saturated heterocycles. The van der Waals surface area contributed by atoms with E-state index in [9.17, 15) is 0 Å². The van der Waals surface area contributed by atoms with Gasteiger partial charge in [-0.3, -0.25) is 4.68 Å². The van der Waals surface area contributed by atoms with Crippen LogP contribution in [-0.2, 0) is 13.5 Å². The summed E-state index contributed by atoms with van der Waals surface area (Å²) in [5.41, 5.74) is 1.28. The number of nitrogens with zero attached hydrogens (tertiary/aromatic N) is 3. The molecule has 4 heteroatoms. The van der Waals surface area contributed by atoms with Gasteiger partial charge >= 0.3 is 0 Å². The summed E-state index contributed by atoms with van der Waals surface area (Å²) in [6.07, 6.45) is 3.00. The predicted octanol–water partition coefficient (Wildman–Crippen LogP) is 2.02. The lowest BCUT2D eigenvalue weighted by Crippen LogP contribution is -2.40. The molecule has 2 unspecified atom stereocenters. The van der Waals surface area contributed by atoms with Gasteiger partial charge in [0.15, 0.2) is 0 Å². The maximum absolute atomic E-state index is 4.14. The van der Waals surface area contributed by atoms with Crippen LogP contribution in [0.2, 0.25) is 0 Å². The zero-order chi connectivity index (χ0) is 13.1. The van der Waals surface area contributed by atoms with Crippen molar-refractivity contribution in [3.8, 4) is 0 Å². The van der Waals surface area contributed by atoms with Crippen LogP contribution >= 0.6 is 0 Å². The molecule has 0 radical (unpaired) electrons. The minimum atomic E-state index is 0.195. The molecule has 0 amide bonds. The van der Waals surface area contributed by atoms with Crippen LogP contribution in [0.5, 0.6) is 0 Å². The highest BCUT2D eigenvalue weighted by molar-refractivity contribution is 4.94. The summed E-state index contributed by atoms with van der Waals surface area (Å²) in [6.45, 7) is 12.2. The average molecular weight is 238 g/mol. The van der Waals surface area contributed by atoms with Crippen molar-refractivity contribution >= 4 is 0 Å². The van der Waals surface area contributed by atoms with Crippen molar-refractivity contribution in [1.82, 2.24) is 20.3 Å². The van der Waals surface area contributed by atoms with E-state index < -0.39 is 0 Å². The fourth-order valence-electron chi connectivity index (χ4n) is 1.69. The highest BCUT2D eigenvalue weighted by atomic mass is 15.4. The van der Waals surface area contributed by atoms with Gasteiger partial charge in [-0.25, -0.2) is 0 Å². The van der Waals surface area contributed by atoms with Crippen molar-refractivity contribution in [3.63, 3.8) is 0 Å². The average Bonchev–Trinajstić information content (AvgIpc) is 2.59. The van der Waals surface area contributed by atoms with Gasteiger partial charge in [-0.15, -0.1) is 5.10 Å². The Bertz CT molecular complexity index is 337. The van der Waals surface area contributed by atoms with E-state index in [-0.39, 0.29) is 5.54 Å². The van der Waals surface area contributed by atoms with Crippen molar-refractivity contribution in [2.24, 2.45) is 18.9 Å². The molecule has 0 aliphatic rings. The molecule has 1 aromatic rings. The van der Waals surface area contributed by atoms with Crippen LogP contribution in [0.4, 0.5) is 0 Å². The van der Waals surface area contributed by atoms with E-state index in [4.69, 9.17) is 0 Å². The largest absolute Gasteiger partial charge is 0.312 e. The van der Waals surface area contributed by atoms with E-state index >= 15 is 0 Å². The van der Waals surface area contributed by atoms with Gasteiger partial charge in [0.25, 0.3) is 0 Å². The molecule has 0 aliphatic heterocycles. The number of aromatic nitrogens is 3. The third kappa shape index (κ3) is 5.31. The zero-order valence-electron chi connectivity index (χ0n) is 12.0. The predicted molar refractivity (Wildman–Crippen MR) is 70.8 cm³/mol. The zero-order valence-corrected chi connectivity index (χ0v) is 12.0. The number of rotatable bonds is 5. The summed E-state index contributed by atoms with van der Waals surface area (Å²) < 4.78 is 1.76. The number of hydrogen-bond acceptors (Lipinski definition) is 3. The van der Waals surface area contributed by atoms with Gasteiger partial charge in [0, 0.05) is 18.8 Å². The Morgan fingerprint density at radius 3 is 2.41 bits per heavy atom. The first-order chi connectivity index (χ1) is 7.78. The summed E-state index contributed by atoms with van der Waals surface area (Å²) in [5.74, 6) is 1.25. The lowest BCUT2D eigenvalue weighted by atomic mass is 9.91. The summed E-state index contributed by atoms with van der Waals surface area (Å²) in [4.78, 5) is 0. The van der Waals surface area contributed by atoms with Gasteiger partial charge in [-0.1, -0.05) is 19.1 Å². The molecular formula is C13H26N4. The highest BCUT2D eigenvalue weighted by Gasteiger charge is 2.17. The molecule has 98 valence electrons. The maximum Gasteiger partial charge on any atom is 0.0829 e. The number of hydrogen-bond donors (Lipinski definition) is 1. The quantitative estimate of drug-likeness (QED) is 0.853. The topological polar surface area (TPSA) is 42.7 Å². The minimum Gasteiger partial charge on any atom is -0.312 e. The van der Waals surface area contributed by atoms with Crippen molar-refractivity contribution in [1.29, 1.82) is 0 Å². The van der Waals surface area contributed by atoms with Crippen LogP contribution < -0.4 is 5.32 Å². The second-order valence-corrected chi connectivity index (χ2v) is 6.17. The van der Waals surface area contributed by atoms with Gasteiger partial charge in [0.05, 0.1) is 5.69 Å². The summed E-state index contributed by atoms with van der Waals surface area (Å²) in [5, 5.41) is 11.7. The molecular weight excluding hydrogens is 212 g/mol. The van der Waals surface area contributed by atoms with E-state index in [1.165, 1.54) is 0 Å². The Balaban J connectivity index is 2.39. The molecule has 17 heavy (non-hydrogen) atoms. The standard InChI is InChI=1S/C13H26N4/c1-10(7-12-9-17(6)16-15-12)11(2)8-14-13(3,4)5/h9-11,14H,7-8H2,1-6H3. The first-order valence-electron chi connectivity index (χ1n) is 6.38. The van der Waals surface area contributed by atoms with Crippen molar-refractivity contribution in [2.45, 2.75) is 46.6 Å². The lowest BCUT2D eigenvalue weighted by molar-refractivity contribution is 0.316. The Morgan fingerprint density at radius 2 is 1.94 bits per heavy atom. The van der Waals surface area contributed by atoms with E-state index in [0.717, 1.165) is 18.7 Å². The summed E-state index contributed by atoms with van der Waals surface area (Å²) >= 11 is 0. The van der Waals surface area contributed by atoms with Crippen molar-refractivity contribution < 1.29 is 0 Å². The van der Waals surface area contributed by atoms with Crippen LogP contribution in [0.1, 0.15) is 40.3 Å². The molecule has 1 heterocycles. The Morgan fingerprint density at radius 1 is 1.29 bits per heavy atom. The van der Waals surface area contributed by atoms with Gasteiger partial charge in [0.1, 0.15) is 0 Å². The van der Waals surface area contributed by atoms with E-state index in [1.54, 1.807) is 4.68 Å². The van der Waals surface area contributed by atoms with E-state index in [2.05, 4.69) is 50.2 Å². The molecule has 0 spiro atoms. The third-order valence-corrected chi connectivity index (χ3v) is 3.11. The van der Waals surface area contributed by atoms with Crippen LogP contribution in [-0.4, -0.2) is 27.1 Å². The smallest absolute Gasteiger partial charge is 0.0829 e. The molecule has 2 atom stereocenters. The highest BCUT2D eigenvalue weighted by Crippen LogP contribution is 2.16. The molecule has 4 nitrogen and oxygen atoms in total. The second kappa shape index (κ2) is 5.63. The van der Waals surface area contributed by atoms with Crippen LogP contribution in [0.15, 0.2) is 6.20 Å². The molecule has 0 saturated carbocycles. The number of nitrogens with one attached hydrogen (secondary N) is 1. The van der Waals surface area contributed by atoms with E-state index in [1.807, 2.05) is 13.2 Å². The fourth-order valence-corrected chi connectivity index (χ4v) is 1.69. The SMILES string of the molecule is CC(CNC(C)(C)C)C(C)Cc1cn(C)nn1. The summed E-state index contributed by atoms with van der Waals surface area (Å²) in [6, 6.07) is 0. The molecule has 0 bridgehead atoms. The summed E-state index contributed by atoms with van der Waals surface area (Å²) in [7, 11) is 1.91. The molecule has 1 rings (SSSR count). The lowest BCUT2D eigenvalue weighted by Gasteiger charge is -2.26. The Labute approximate surface area is 105 Å². The van der Waals surface area contributed by atoms with E-state index in [0.29, 0.717) is 11.8 Å². The Kier molecular flexibility index (Phi) is 4.69. The Hall–Kier alpha value is -0.900. The second-order valence-electron chi connectivity index (χ2n) is 6.17. The van der Waals surface area contributed by atoms with Crippen molar-refractivity contribution in [2.75, 3.05) is 6.54 Å². The molecule has 1 aromatic heterocycles. The normalized spacial score (nSPS) is 15.9. The van der Waals surface area contributed by atoms with Gasteiger partial charge in [-0.05, 0) is 45.6 Å². The van der Waals surface area contributed by atoms with Crippen LogP contribution in [0.3, 0.4) is 0 Å². The van der Waals surface area contributed by atoms with Gasteiger partial charge < -0.3 is 5.32 Å². The molecule has 0 aromatic carbocycles. The number of aryl methyl sites for hydroxylation is 1. The van der Waals surface area contributed by atoms with Crippen molar-refractivity contribution in [3.05, 3.63) is 11.9 Å². The molecule has 0 fully saturated rings. The fraction of sp³-hybridized carbons (Fsp3) is 0.846. The minimum absolute atomic E-state index is 0.195. The molecule has 0 aliphatic carbocycles. The monoisotopic (exact) mass is 238 g/mol. The van der Waals surface area contributed by atoms with Gasteiger partial charge in [0.2, 0.25) is 0 Å². The third-order valence-electron chi connectivity index (χ3n) is 3.11. The molecule has 1 N–H and O–H groups in total. The van der Waals surface area contributed by atoms with Crippen LogP contribution in [0.25, 0.3) is 0 Å². The first kappa shape index (κ1) is 14.2.